The molecule has 3 rings (SSSR count). The molecule has 1 amide bonds. The van der Waals surface area contributed by atoms with Gasteiger partial charge in [0, 0.05) is 24.7 Å². The van der Waals surface area contributed by atoms with Crippen molar-refractivity contribution in [2.45, 2.75) is 26.3 Å². The highest BCUT2D eigenvalue weighted by molar-refractivity contribution is 6.04. The molecular formula is C20H22F2N2O. The number of anilines is 1. The van der Waals surface area contributed by atoms with Gasteiger partial charge in [-0.2, -0.15) is 0 Å². The number of hydrogen-bond donors (Lipinski definition) is 1. The van der Waals surface area contributed by atoms with Crippen LogP contribution in [0.5, 0.6) is 0 Å². The largest absolute Gasteiger partial charge is 0.319 e. The van der Waals surface area contributed by atoms with Gasteiger partial charge in [0.05, 0.1) is 5.69 Å². The molecule has 5 heteroatoms. The number of carbonyl (C=O) groups is 1. The summed E-state index contributed by atoms with van der Waals surface area (Å²) in [5.74, 6) is -1.15. The molecule has 132 valence electrons. The first-order chi connectivity index (χ1) is 12.0. The van der Waals surface area contributed by atoms with Gasteiger partial charge in [-0.15, -0.1) is 0 Å². The van der Waals surface area contributed by atoms with E-state index in [0.29, 0.717) is 5.56 Å². The average Bonchev–Trinajstić information content (AvgIpc) is 2.58. The second-order valence-corrected chi connectivity index (χ2v) is 6.76. The predicted octanol–water partition coefficient (Wildman–Crippen LogP) is 4.45. The number of amides is 1. The summed E-state index contributed by atoms with van der Waals surface area (Å²) >= 11 is 0. The zero-order valence-corrected chi connectivity index (χ0v) is 14.3. The van der Waals surface area contributed by atoms with Crippen molar-refractivity contribution in [3.8, 4) is 0 Å². The first-order valence-corrected chi connectivity index (χ1v) is 8.59. The molecule has 0 unspecified atom stereocenters. The fraction of sp³-hybridized carbons (Fsp3) is 0.350. The number of piperidine rings is 1. The molecule has 3 nitrogen and oxygen atoms in total. The first-order valence-electron chi connectivity index (χ1n) is 8.59. The van der Waals surface area contributed by atoms with E-state index in [9.17, 15) is 13.6 Å². The Morgan fingerprint density at radius 2 is 1.96 bits per heavy atom. The predicted molar refractivity (Wildman–Crippen MR) is 94.4 cm³/mol. The molecule has 0 radical (unpaired) electrons. The van der Waals surface area contributed by atoms with Crippen molar-refractivity contribution < 1.29 is 13.6 Å². The third-order valence-corrected chi connectivity index (χ3v) is 4.54. The van der Waals surface area contributed by atoms with Crippen LogP contribution >= 0.6 is 0 Å². The van der Waals surface area contributed by atoms with Gasteiger partial charge in [0.15, 0.2) is 0 Å². The van der Waals surface area contributed by atoms with Crippen molar-refractivity contribution in [1.82, 2.24) is 4.90 Å². The molecule has 1 N–H and O–H groups in total. The van der Waals surface area contributed by atoms with Crippen molar-refractivity contribution in [2.24, 2.45) is 5.92 Å². The molecule has 2 aromatic rings. The van der Waals surface area contributed by atoms with Gasteiger partial charge in [0.2, 0.25) is 0 Å². The summed E-state index contributed by atoms with van der Waals surface area (Å²) in [6.45, 7) is 5.36. The summed E-state index contributed by atoms with van der Waals surface area (Å²) in [5.41, 5.74) is 1.57. The topological polar surface area (TPSA) is 32.3 Å². The van der Waals surface area contributed by atoms with Gasteiger partial charge in [0.25, 0.3) is 5.91 Å². The van der Waals surface area contributed by atoms with Crippen LogP contribution in [0.2, 0.25) is 0 Å². The summed E-state index contributed by atoms with van der Waals surface area (Å²) in [6.07, 6.45) is 2.51. The van der Waals surface area contributed by atoms with Gasteiger partial charge < -0.3 is 5.32 Å². The first kappa shape index (κ1) is 17.5. The quantitative estimate of drug-likeness (QED) is 0.889. The second kappa shape index (κ2) is 7.74. The minimum absolute atomic E-state index is 0.0298. The van der Waals surface area contributed by atoms with Crippen molar-refractivity contribution >= 4 is 11.6 Å². The molecule has 1 fully saturated rings. The highest BCUT2D eigenvalue weighted by atomic mass is 19.1. The Morgan fingerprint density at radius 3 is 2.64 bits per heavy atom. The summed E-state index contributed by atoms with van der Waals surface area (Å²) in [5, 5.41) is 2.47. The molecule has 0 spiro atoms. The minimum atomic E-state index is -0.788. The SMILES string of the molecule is C[C@H]1CCCN(Cc2ccc(C(=O)Nc3ccc(F)cc3F)cc2)C1. The van der Waals surface area contributed by atoms with Crippen molar-refractivity contribution in [3.63, 3.8) is 0 Å². The van der Waals surface area contributed by atoms with Crippen LogP contribution in [0.15, 0.2) is 42.5 Å². The van der Waals surface area contributed by atoms with Gasteiger partial charge >= 0.3 is 0 Å². The summed E-state index contributed by atoms with van der Waals surface area (Å²) < 4.78 is 26.5. The maximum atomic E-state index is 13.6. The van der Waals surface area contributed by atoms with Gasteiger partial charge in [-0.25, -0.2) is 8.78 Å². The molecule has 0 saturated carbocycles. The highest BCUT2D eigenvalue weighted by Gasteiger charge is 2.16. The van der Waals surface area contributed by atoms with Gasteiger partial charge in [0.1, 0.15) is 11.6 Å². The van der Waals surface area contributed by atoms with Crippen LogP contribution in [-0.2, 0) is 6.54 Å². The van der Waals surface area contributed by atoms with E-state index in [0.717, 1.165) is 43.2 Å². The number of halogens is 2. The Balaban J connectivity index is 1.62. The van der Waals surface area contributed by atoms with Crippen LogP contribution in [0.25, 0.3) is 0 Å². The molecule has 2 aromatic carbocycles. The summed E-state index contributed by atoms with van der Waals surface area (Å²) in [6, 6.07) is 10.4. The maximum absolute atomic E-state index is 13.6. The van der Waals surface area contributed by atoms with E-state index in [2.05, 4.69) is 17.1 Å². The number of likely N-dealkylation sites (tertiary alicyclic amines) is 1. The number of carbonyl (C=O) groups excluding carboxylic acids is 1. The van der Waals surface area contributed by atoms with Gasteiger partial charge in [-0.3, -0.25) is 9.69 Å². The number of hydrogen-bond acceptors (Lipinski definition) is 2. The van der Waals surface area contributed by atoms with Crippen molar-refractivity contribution in [1.29, 1.82) is 0 Å². The molecule has 1 heterocycles. The van der Waals surface area contributed by atoms with Crippen LogP contribution in [0.1, 0.15) is 35.7 Å². The fourth-order valence-corrected chi connectivity index (χ4v) is 3.24. The zero-order valence-electron chi connectivity index (χ0n) is 14.3. The van der Waals surface area contributed by atoms with E-state index >= 15 is 0 Å². The lowest BCUT2D eigenvalue weighted by atomic mass is 9.99. The molecule has 1 atom stereocenters. The Bertz CT molecular complexity index is 746. The standard InChI is InChI=1S/C20H22F2N2O/c1-14-3-2-10-24(12-14)13-15-4-6-16(7-5-15)20(25)23-19-9-8-17(21)11-18(19)22/h4-9,11,14H,2-3,10,12-13H2,1H3,(H,23,25)/t14-/m0/s1. The van der Waals surface area contributed by atoms with Crippen molar-refractivity contribution in [2.75, 3.05) is 18.4 Å². The second-order valence-electron chi connectivity index (χ2n) is 6.76. The lowest BCUT2D eigenvalue weighted by Crippen LogP contribution is -2.33. The third-order valence-electron chi connectivity index (χ3n) is 4.54. The molecule has 0 aromatic heterocycles. The van der Waals surface area contributed by atoms with E-state index in [1.807, 2.05) is 12.1 Å². The fourth-order valence-electron chi connectivity index (χ4n) is 3.24. The summed E-state index contributed by atoms with van der Waals surface area (Å²) in [7, 11) is 0. The maximum Gasteiger partial charge on any atom is 0.255 e. The molecule has 1 aliphatic rings. The van der Waals surface area contributed by atoms with Crippen LogP contribution in [0.3, 0.4) is 0 Å². The van der Waals surface area contributed by atoms with Gasteiger partial charge in [-0.1, -0.05) is 19.1 Å². The molecule has 1 aliphatic heterocycles. The van der Waals surface area contributed by atoms with Crippen LogP contribution < -0.4 is 5.32 Å². The highest BCUT2D eigenvalue weighted by Crippen LogP contribution is 2.19. The van der Waals surface area contributed by atoms with Crippen LogP contribution in [-0.4, -0.2) is 23.9 Å². The lowest BCUT2D eigenvalue weighted by Gasteiger charge is -2.30. The van der Waals surface area contributed by atoms with E-state index < -0.39 is 17.5 Å². The molecule has 1 saturated heterocycles. The van der Waals surface area contributed by atoms with Gasteiger partial charge in [-0.05, 0) is 55.1 Å². The Kier molecular flexibility index (Phi) is 5.43. The normalized spacial score (nSPS) is 18.1. The monoisotopic (exact) mass is 344 g/mol. The minimum Gasteiger partial charge on any atom is -0.319 e. The van der Waals surface area contributed by atoms with Crippen molar-refractivity contribution in [3.05, 3.63) is 65.2 Å². The Hall–Kier alpha value is -2.27. The summed E-state index contributed by atoms with van der Waals surface area (Å²) in [4.78, 5) is 14.6. The Morgan fingerprint density at radius 1 is 1.20 bits per heavy atom. The smallest absolute Gasteiger partial charge is 0.255 e. The zero-order chi connectivity index (χ0) is 17.8. The third kappa shape index (κ3) is 4.63. The molecule has 25 heavy (non-hydrogen) atoms. The number of nitrogens with zero attached hydrogens (tertiary/aromatic N) is 1. The molecule has 0 bridgehead atoms. The number of benzene rings is 2. The number of nitrogens with one attached hydrogen (secondary N) is 1. The van der Waals surface area contributed by atoms with E-state index in [4.69, 9.17) is 0 Å². The average molecular weight is 344 g/mol. The Labute approximate surface area is 146 Å². The van der Waals surface area contributed by atoms with E-state index in [1.54, 1.807) is 12.1 Å². The van der Waals surface area contributed by atoms with E-state index in [1.165, 1.54) is 18.9 Å². The van der Waals surface area contributed by atoms with Crippen LogP contribution in [0, 0.1) is 17.6 Å². The molecular weight excluding hydrogens is 322 g/mol. The number of rotatable bonds is 4. The lowest BCUT2D eigenvalue weighted by molar-refractivity contribution is 0.102. The van der Waals surface area contributed by atoms with Crippen LogP contribution in [0.4, 0.5) is 14.5 Å². The molecule has 0 aliphatic carbocycles. The van der Waals surface area contributed by atoms with E-state index in [-0.39, 0.29) is 5.69 Å².